The molecule has 0 fully saturated rings. The minimum absolute atomic E-state index is 0.0629. The van der Waals surface area contributed by atoms with E-state index in [-0.39, 0.29) is 24.3 Å². The highest BCUT2D eigenvalue weighted by Crippen LogP contribution is 2.16. The third-order valence-electron chi connectivity index (χ3n) is 3.88. The molecule has 0 amide bonds. The second-order valence-electron chi connectivity index (χ2n) is 5.69. The summed E-state index contributed by atoms with van der Waals surface area (Å²) in [6, 6.07) is 7.26. The normalized spacial score (nSPS) is 12.5. The SMILES string of the molecule is Cn1c(=O)c2c(ncn2C[C@H](O)COc2ccc(Br)cc2)n(C)c1=O. The summed E-state index contributed by atoms with van der Waals surface area (Å²) in [6.45, 7) is 0.188. The quantitative estimate of drug-likeness (QED) is 0.668. The second-order valence-corrected chi connectivity index (χ2v) is 6.61. The molecule has 1 aromatic carbocycles. The molecule has 2 heterocycles. The lowest BCUT2D eigenvalue weighted by molar-refractivity contribution is 0.0933. The van der Waals surface area contributed by atoms with Gasteiger partial charge >= 0.3 is 5.69 Å². The predicted molar refractivity (Wildman–Crippen MR) is 95.9 cm³/mol. The molecule has 9 heteroatoms. The fourth-order valence-corrected chi connectivity index (χ4v) is 2.80. The van der Waals surface area contributed by atoms with Gasteiger partial charge in [0.25, 0.3) is 5.56 Å². The number of fused-ring (bicyclic) bond motifs is 1. The highest BCUT2D eigenvalue weighted by molar-refractivity contribution is 9.10. The molecule has 0 saturated carbocycles. The molecule has 0 saturated heterocycles. The van der Waals surface area contributed by atoms with E-state index in [2.05, 4.69) is 20.9 Å². The van der Waals surface area contributed by atoms with Crippen LogP contribution in [0.25, 0.3) is 11.2 Å². The third-order valence-corrected chi connectivity index (χ3v) is 4.41. The van der Waals surface area contributed by atoms with Gasteiger partial charge < -0.3 is 14.4 Å². The van der Waals surface area contributed by atoms with Crippen molar-refractivity contribution in [1.82, 2.24) is 18.7 Å². The van der Waals surface area contributed by atoms with Crippen molar-refractivity contribution in [2.45, 2.75) is 12.6 Å². The van der Waals surface area contributed by atoms with Crippen molar-refractivity contribution in [2.75, 3.05) is 6.61 Å². The second kappa shape index (κ2) is 6.85. The number of rotatable bonds is 5. The average molecular weight is 409 g/mol. The van der Waals surface area contributed by atoms with Gasteiger partial charge in [-0.3, -0.25) is 13.9 Å². The van der Waals surface area contributed by atoms with Gasteiger partial charge in [0.1, 0.15) is 18.5 Å². The molecule has 0 aliphatic heterocycles. The van der Waals surface area contributed by atoms with Gasteiger partial charge in [-0.1, -0.05) is 15.9 Å². The molecule has 1 atom stereocenters. The lowest BCUT2D eigenvalue weighted by atomic mass is 10.3. The van der Waals surface area contributed by atoms with Gasteiger partial charge in [0.2, 0.25) is 0 Å². The van der Waals surface area contributed by atoms with Crippen LogP contribution in [0.3, 0.4) is 0 Å². The molecule has 8 nitrogen and oxygen atoms in total. The van der Waals surface area contributed by atoms with E-state index in [4.69, 9.17) is 4.74 Å². The number of aromatic nitrogens is 4. The maximum absolute atomic E-state index is 12.3. The number of nitrogens with zero attached hydrogens (tertiary/aromatic N) is 4. The highest BCUT2D eigenvalue weighted by Gasteiger charge is 2.16. The predicted octanol–water partition coefficient (Wildman–Crippen LogP) is 0.636. The summed E-state index contributed by atoms with van der Waals surface area (Å²) in [6.07, 6.45) is 0.594. The average Bonchev–Trinajstić information content (AvgIpc) is 3.01. The minimum Gasteiger partial charge on any atom is -0.491 e. The molecule has 3 rings (SSSR count). The van der Waals surface area contributed by atoms with Gasteiger partial charge in [0.05, 0.1) is 12.9 Å². The number of hydrogen-bond donors (Lipinski definition) is 1. The molecular weight excluding hydrogens is 392 g/mol. The maximum Gasteiger partial charge on any atom is 0.332 e. The fourth-order valence-electron chi connectivity index (χ4n) is 2.54. The largest absolute Gasteiger partial charge is 0.491 e. The van der Waals surface area contributed by atoms with Gasteiger partial charge in [-0.15, -0.1) is 0 Å². The van der Waals surface area contributed by atoms with Gasteiger partial charge in [0.15, 0.2) is 11.2 Å². The van der Waals surface area contributed by atoms with E-state index in [1.165, 1.54) is 22.5 Å². The standard InChI is InChI=1S/C16H17BrN4O4/c1-19-14-13(15(23)20(2)16(19)24)21(9-18-14)7-11(22)8-25-12-5-3-10(17)4-6-12/h3-6,9,11,22H,7-8H2,1-2H3/t11-/m0/s1. The van der Waals surface area contributed by atoms with E-state index in [1.807, 2.05) is 12.1 Å². The van der Waals surface area contributed by atoms with Gasteiger partial charge in [-0.05, 0) is 24.3 Å². The van der Waals surface area contributed by atoms with Crippen molar-refractivity contribution in [3.8, 4) is 5.75 Å². The maximum atomic E-state index is 12.3. The minimum atomic E-state index is -0.844. The van der Waals surface area contributed by atoms with Crippen LogP contribution in [0.5, 0.6) is 5.75 Å². The van der Waals surface area contributed by atoms with Gasteiger partial charge in [-0.25, -0.2) is 9.78 Å². The first-order chi connectivity index (χ1) is 11.9. The molecule has 132 valence electrons. The number of ether oxygens (including phenoxy) is 1. The van der Waals surface area contributed by atoms with Crippen LogP contribution in [0.4, 0.5) is 0 Å². The van der Waals surface area contributed by atoms with E-state index in [9.17, 15) is 14.7 Å². The fraction of sp³-hybridized carbons (Fsp3) is 0.312. The van der Waals surface area contributed by atoms with Crippen LogP contribution in [0.2, 0.25) is 0 Å². The van der Waals surface area contributed by atoms with E-state index >= 15 is 0 Å². The Morgan fingerprint density at radius 3 is 2.56 bits per heavy atom. The Balaban J connectivity index is 1.80. The lowest BCUT2D eigenvalue weighted by Gasteiger charge is -2.14. The summed E-state index contributed by atoms with van der Waals surface area (Å²) in [4.78, 5) is 28.4. The summed E-state index contributed by atoms with van der Waals surface area (Å²) >= 11 is 3.34. The summed E-state index contributed by atoms with van der Waals surface area (Å²) < 4.78 is 10.3. The molecule has 3 aromatic rings. The van der Waals surface area contributed by atoms with Crippen LogP contribution in [0.15, 0.2) is 44.7 Å². The number of aryl methyl sites for hydroxylation is 1. The topological polar surface area (TPSA) is 91.3 Å². The van der Waals surface area contributed by atoms with E-state index in [0.29, 0.717) is 5.75 Å². The first-order valence-electron chi connectivity index (χ1n) is 7.55. The van der Waals surface area contributed by atoms with E-state index in [0.717, 1.165) is 9.04 Å². The zero-order chi connectivity index (χ0) is 18.1. The van der Waals surface area contributed by atoms with Crippen LogP contribution in [0, 0.1) is 0 Å². The summed E-state index contributed by atoms with van der Waals surface area (Å²) in [7, 11) is 2.96. The van der Waals surface area contributed by atoms with Gasteiger partial charge in [0, 0.05) is 18.6 Å². The van der Waals surface area contributed by atoms with Crippen LogP contribution >= 0.6 is 15.9 Å². The Hall–Kier alpha value is -2.39. The molecule has 2 aromatic heterocycles. The molecule has 0 bridgehead atoms. The van der Waals surface area contributed by atoms with Crippen molar-refractivity contribution >= 4 is 27.1 Å². The van der Waals surface area contributed by atoms with Crippen LogP contribution in [-0.4, -0.2) is 36.5 Å². The lowest BCUT2D eigenvalue weighted by Crippen LogP contribution is -2.38. The first kappa shape index (κ1) is 17.4. The Morgan fingerprint density at radius 2 is 1.88 bits per heavy atom. The zero-order valence-electron chi connectivity index (χ0n) is 13.7. The van der Waals surface area contributed by atoms with E-state index < -0.39 is 17.4 Å². The van der Waals surface area contributed by atoms with Crippen molar-refractivity contribution in [3.63, 3.8) is 0 Å². The summed E-state index contributed by atoms with van der Waals surface area (Å²) in [5, 5.41) is 10.2. The molecule has 25 heavy (non-hydrogen) atoms. The summed E-state index contributed by atoms with van der Waals surface area (Å²) in [5.41, 5.74) is -0.333. The molecule has 0 spiro atoms. The molecular formula is C16H17BrN4O4. The highest BCUT2D eigenvalue weighted by atomic mass is 79.9. The number of hydrogen-bond acceptors (Lipinski definition) is 5. The molecule has 0 radical (unpaired) electrons. The van der Waals surface area contributed by atoms with Crippen molar-refractivity contribution in [2.24, 2.45) is 14.1 Å². The number of imidazole rings is 1. The number of benzene rings is 1. The van der Waals surface area contributed by atoms with Crippen LogP contribution < -0.4 is 16.0 Å². The third kappa shape index (κ3) is 3.38. The monoisotopic (exact) mass is 408 g/mol. The first-order valence-corrected chi connectivity index (χ1v) is 8.35. The number of halogens is 1. The number of aliphatic hydroxyl groups excluding tert-OH is 1. The van der Waals surface area contributed by atoms with Crippen LogP contribution in [0.1, 0.15) is 0 Å². The van der Waals surface area contributed by atoms with Crippen molar-refractivity contribution in [1.29, 1.82) is 0 Å². The molecule has 1 N–H and O–H groups in total. The Bertz CT molecular complexity index is 1020. The van der Waals surface area contributed by atoms with E-state index in [1.54, 1.807) is 19.2 Å². The Labute approximate surface area is 151 Å². The zero-order valence-corrected chi connectivity index (χ0v) is 15.3. The Morgan fingerprint density at radius 1 is 1.20 bits per heavy atom. The number of aliphatic hydroxyl groups is 1. The molecule has 0 aliphatic rings. The summed E-state index contributed by atoms with van der Waals surface area (Å²) in [5.74, 6) is 0.635. The Kier molecular flexibility index (Phi) is 4.78. The van der Waals surface area contributed by atoms with Crippen LogP contribution in [-0.2, 0) is 20.6 Å². The van der Waals surface area contributed by atoms with Crippen molar-refractivity contribution in [3.05, 3.63) is 55.9 Å². The van der Waals surface area contributed by atoms with Crippen molar-refractivity contribution < 1.29 is 9.84 Å². The van der Waals surface area contributed by atoms with Gasteiger partial charge in [-0.2, -0.15) is 0 Å². The smallest absolute Gasteiger partial charge is 0.332 e. The molecule has 0 aliphatic carbocycles. The molecule has 0 unspecified atom stereocenters.